The fourth-order valence-corrected chi connectivity index (χ4v) is 2.81. The van der Waals surface area contributed by atoms with Gasteiger partial charge >= 0.3 is 5.00 Å². The van der Waals surface area contributed by atoms with E-state index in [-0.39, 0.29) is 9.92 Å². The molecule has 0 amide bonds. The predicted octanol–water partition coefficient (Wildman–Crippen LogP) is 1.63. The summed E-state index contributed by atoms with van der Waals surface area (Å²) in [5.74, 6) is 0. The van der Waals surface area contributed by atoms with E-state index in [1.807, 2.05) is 7.05 Å². The number of thiazole rings is 1. The molecule has 1 aliphatic heterocycles. The first kappa shape index (κ1) is 12.3. The highest BCUT2D eigenvalue weighted by molar-refractivity contribution is 7.18. The molecule has 17 heavy (non-hydrogen) atoms. The van der Waals surface area contributed by atoms with Crippen LogP contribution in [0, 0.1) is 10.1 Å². The van der Waals surface area contributed by atoms with Crippen molar-refractivity contribution in [3.63, 3.8) is 0 Å². The normalized spacial score (nSPS) is 20.9. The molecule has 1 aromatic heterocycles. The van der Waals surface area contributed by atoms with E-state index in [1.165, 1.54) is 6.20 Å². The number of aromatic nitrogens is 1. The van der Waals surface area contributed by atoms with E-state index < -0.39 is 0 Å². The lowest BCUT2D eigenvalue weighted by atomic mass is 10.1. The highest BCUT2D eigenvalue weighted by atomic mass is 32.1. The average molecular weight is 256 g/mol. The molecule has 0 aromatic carbocycles. The lowest BCUT2D eigenvalue weighted by molar-refractivity contribution is -0.380. The van der Waals surface area contributed by atoms with Gasteiger partial charge in [-0.25, -0.2) is 4.98 Å². The summed E-state index contributed by atoms with van der Waals surface area (Å²) >= 11 is 1.14. The lowest BCUT2D eigenvalue weighted by Gasteiger charge is -2.26. The molecule has 0 spiro atoms. The molecule has 1 aromatic rings. The van der Waals surface area contributed by atoms with Crippen LogP contribution in [0.5, 0.6) is 0 Å². The van der Waals surface area contributed by atoms with Crippen molar-refractivity contribution < 1.29 is 4.92 Å². The van der Waals surface area contributed by atoms with Crippen LogP contribution in [0.4, 0.5) is 10.1 Å². The molecule has 1 unspecified atom stereocenters. The molecule has 2 rings (SSSR count). The van der Waals surface area contributed by atoms with Crippen LogP contribution in [-0.4, -0.2) is 36.1 Å². The van der Waals surface area contributed by atoms with Gasteiger partial charge in [0.05, 0.1) is 4.92 Å². The van der Waals surface area contributed by atoms with Crippen LogP contribution in [0.25, 0.3) is 0 Å². The van der Waals surface area contributed by atoms with Crippen LogP contribution in [0.2, 0.25) is 0 Å². The summed E-state index contributed by atoms with van der Waals surface area (Å²) in [7, 11) is 1.97. The molecule has 0 saturated carbocycles. The van der Waals surface area contributed by atoms with E-state index in [2.05, 4.69) is 15.2 Å². The molecule has 1 N–H and O–H groups in total. The number of nitrogens with one attached hydrogen (secondary N) is 1. The minimum atomic E-state index is -0.385. The molecular formula is C10H16N4O2S. The van der Waals surface area contributed by atoms with E-state index in [0.717, 1.165) is 48.8 Å². The number of nitro groups is 1. The van der Waals surface area contributed by atoms with Crippen LogP contribution in [-0.2, 0) is 0 Å². The third kappa shape index (κ3) is 2.92. The Morgan fingerprint density at radius 1 is 1.59 bits per heavy atom. The molecule has 1 atom stereocenters. The molecular weight excluding hydrogens is 240 g/mol. The van der Waals surface area contributed by atoms with E-state index in [9.17, 15) is 10.1 Å². The van der Waals surface area contributed by atoms with Gasteiger partial charge in [0.1, 0.15) is 6.20 Å². The van der Waals surface area contributed by atoms with Crippen molar-refractivity contribution in [1.29, 1.82) is 0 Å². The van der Waals surface area contributed by atoms with Gasteiger partial charge < -0.3 is 10.2 Å². The fourth-order valence-electron chi connectivity index (χ4n) is 2.05. The molecule has 94 valence electrons. The van der Waals surface area contributed by atoms with Gasteiger partial charge in [-0.2, -0.15) is 0 Å². The predicted molar refractivity (Wildman–Crippen MR) is 67.7 cm³/mol. The van der Waals surface area contributed by atoms with E-state index >= 15 is 0 Å². The zero-order chi connectivity index (χ0) is 12.3. The SMILES string of the molecule is CN(c1ncc([N+](=O)[O-])s1)C1CCCNCC1. The van der Waals surface area contributed by atoms with Crippen LogP contribution >= 0.6 is 11.3 Å². The van der Waals surface area contributed by atoms with Crippen molar-refractivity contribution in [3.8, 4) is 0 Å². The summed E-state index contributed by atoms with van der Waals surface area (Å²) in [6.07, 6.45) is 4.65. The summed E-state index contributed by atoms with van der Waals surface area (Å²) in [4.78, 5) is 16.4. The quantitative estimate of drug-likeness (QED) is 0.657. The van der Waals surface area contributed by atoms with E-state index in [0.29, 0.717) is 6.04 Å². The van der Waals surface area contributed by atoms with E-state index in [4.69, 9.17) is 0 Å². The Labute approximate surface area is 104 Å². The third-order valence-corrected chi connectivity index (χ3v) is 4.10. The number of nitrogens with zero attached hydrogens (tertiary/aromatic N) is 3. The molecule has 0 bridgehead atoms. The zero-order valence-corrected chi connectivity index (χ0v) is 10.6. The first-order valence-electron chi connectivity index (χ1n) is 5.72. The second-order valence-corrected chi connectivity index (χ2v) is 5.17. The lowest BCUT2D eigenvalue weighted by Crippen LogP contribution is -2.32. The van der Waals surface area contributed by atoms with Gasteiger partial charge in [0.2, 0.25) is 0 Å². The Balaban J connectivity index is 2.06. The number of hydrogen-bond acceptors (Lipinski definition) is 6. The first-order chi connectivity index (χ1) is 8.18. The molecule has 6 nitrogen and oxygen atoms in total. The minimum absolute atomic E-state index is 0.110. The van der Waals surface area contributed by atoms with Gasteiger partial charge in [-0.15, -0.1) is 0 Å². The van der Waals surface area contributed by atoms with Gasteiger partial charge in [0.15, 0.2) is 5.13 Å². The Bertz CT molecular complexity index is 387. The summed E-state index contributed by atoms with van der Waals surface area (Å²) in [5.41, 5.74) is 0. The molecule has 2 heterocycles. The maximum Gasteiger partial charge on any atom is 0.345 e. The van der Waals surface area contributed by atoms with Gasteiger partial charge in [-0.1, -0.05) is 0 Å². The molecule has 1 saturated heterocycles. The summed E-state index contributed by atoms with van der Waals surface area (Å²) in [6.45, 7) is 2.06. The van der Waals surface area contributed by atoms with Crippen molar-refractivity contribution in [3.05, 3.63) is 16.3 Å². The monoisotopic (exact) mass is 256 g/mol. The first-order valence-corrected chi connectivity index (χ1v) is 6.54. The average Bonchev–Trinajstić information content (AvgIpc) is 2.65. The van der Waals surface area contributed by atoms with Crippen molar-refractivity contribution in [2.24, 2.45) is 0 Å². The summed E-state index contributed by atoms with van der Waals surface area (Å²) in [6, 6.07) is 0.427. The van der Waals surface area contributed by atoms with Gasteiger partial charge in [-0.3, -0.25) is 10.1 Å². The standard InChI is InChI=1S/C10H16N4O2S/c1-13(8-3-2-5-11-6-4-8)10-12-7-9(17-10)14(15)16/h7-8,11H,2-6H2,1H3. The molecule has 0 radical (unpaired) electrons. The summed E-state index contributed by atoms with van der Waals surface area (Å²) in [5, 5.41) is 14.8. The van der Waals surface area contributed by atoms with Crippen molar-refractivity contribution in [2.45, 2.75) is 25.3 Å². The highest BCUT2D eigenvalue weighted by Gasteiger charge is 2.21. The van der Waals surface area contributed by atoms with E-state index in [1.54, 1.807) is 0 Å². The van der Waals surface area contributed by atoms with Crippen LogP contribution in [0.3, 0.4) is 0 Å². The minimum Gasteiger partial charge on any atom is -0.348 e. The fraction of sp³-hybridized carbons (Fsp3) is 0.700. The zero-order valence-electron chi connectivity index (χ0n) is 9.76. The van der Waals surface area contributed by atoms with Crippen LogP contribution < -0.4 is 10.2 Å². The van der Waals surface area contributed by atoms with Gasteiger partial charge in [-0.05, 0) is 43.7 Å². The van der Waals surface area contributed by atoms with Crippen LogP contribution in [0.1, 0.15) is 19.3 Å². The Kier molecular flexibility index (Phi) is 3.90. The smallest absolute Gasteiger partial charge is 0.345 e. The van der Waals surface area contributed by atoms with Crippen molar-refractivity contribution in [1.82, 2.24) is 10.3 Å². The maximum atomic E-state index is 10.6. The molecule has 1 fully saturated rings. The second-order valence-electron chi connectivity index (χ2n) is 4.18. The summed E-state index contributed by atoms with van der Waals surface area (Å²) < 4.78 is 0. The second kappa shape index (κ2) is 5.42. The van der Waals surface area contributed by atoms with Crippen LogP contribution in [0.15, 0.2) is 6.20 Å². The van der Waals surface area contributed by atoms with Gasteiger partial charge in [0, 0.05) is 13.1 Å². The number of anilines is 1. The third-order valence-electron chi connectivity index (χ3n) is 3.06. The highest BCUT2D eigenvalue weighted by Crippen LogP contribution is 2.30. The topological polar surface area (TPSA) is 71.3 Å². The molecule has 1 aliphatic rings. The maximum absolute atomic E-state index is 10.6. The van der Waals surface area contributed by atoms with Gasteiger partial charge in [0.25, 0.3) is 0 Å². The Morgan fingerprint density at radius 2 is 2.41 bits per heavy atom. The largest absolute Gasteiger partial charge is 0.348 e. The molecule has 0 aliphatic carbocycles. The number of rotatable bonds is 3. The van der Waals surface area contributed by atoms with Crippen molar-refractivity contribution >= 4 is 21.5 Å². The van der Waals surface area contributed by atoms with Crippen molar-refractivity contribution in [2.75, 3.05) is 25.0 Å². The Morgan fingerprint density at radius 3 is 3.12 bits per heavy atom. The molecule has 7 heteroatoms. The Hall–Kier alpha value is -1.21. The number of hydrogen-bond donors (Lipinski definition) is 1.